The van der Waals surface area contributed by atoms with Crippen LogP contribution in [0.3, 0.4) is 0 Å². The number of hydrogen-bond acceptors (Lipinski definition) is 4. The summed E-state index contributed by atoms with van der Waals surface area (Å²) in [6, 6.07) is 7.44. The molecule has 1 amide bonds. The van der Waals surface area contributed by atoms with Gasteiger partial charge in [-0.05, 0) is 66.2 Å². The minimum absolute atomic E-state index is 0.144. The lowest BCUT2D eigenvalue weighted by atomic mass is 9.97. The second kappa shape index (κ2) is 6.95. The number of cyclic esters (lactones) is 1. The van der Waals surface area contributed by atoms with Gasteiger partial charge < -0.3 is 10.1 Å². The number of halogens is 1. The molecule has 0 aromatic heterocycles. The van der Waals surface area contributed by atoms with Crippen molar-refractivity contribution >= 4 is 40.2 Å². The molecule has 2 unspecified atom stereocenters. The normalized spacial score (nSPS) is 25.2. The molecule has 0 spiro atoms. The average Bonchev–Trinajstić information content (AvgIpc) is 2.52. The average molecular weight is 414 g/mol. The second-order valence-electron chi connectivity index (χ2n) is 5.79. The van der Waals surface area contributed by atoms with Crippen LogP contribution in [0.4, 0.5) is 5.69 Å². The van der Waals surface area contributed by atoms with E-state index in [0.29, 0.717) is 6.61 Å². The quantitative estimate of drug-likeness (QED) is 0.610. The van der Waals surface area contributed by atoms with Gasteiger partial charge in [0.1, 0.15) is 12.6 Å². The van der Waals surface area contributed by atoms with Crippen molar-refractivity contribution in [1.82, 2.24) is 4.90 Å². The summed E-state index contributed by atoms with van der Waals surface area (Å²) in [7, 11) is 0. The summed E-state index contributed by atoms with van der Waals surface area (Å²) >= 11 is 2.22. The molecule has 3 rings (SSSR count). The monoisotopic (exact) mass is 414 g/mol. The summed E-state index contributed by atoms with van der Waals surface area (Å²) in [5.41, 5.74) is 0.754. The van der Waals surface area contributed by atoms with E-state index in [-0.39, 0.29) is 24.3 Å². The van der Waals surface area contributed by atoms with Crippen LogP contribution in [0, 0.1) is 3.57 Å². The van der Waals surface area contributed by atoms with Gasteiger partial charge in [0, 0.05) is 15.3 Å². The first-order valence-electron chi connectivity index (χ1n) is 7.61. The Labute approximate surface area is 143 Å². The number of carbonyl (C=O) groups is 2. The summed E-state index contributed by atoms with van der Waals surface area (Å²) in [6.07, 6.45) is 3.45. The molecule has 2 atom stereocenters. The number of ether oxygens (including phenoxy) is 1. The molecular weight excluding hydrogens is 395 g/mol. The van der Waals surface area contributed by atoms with Crippen LogP contribution < -0.4 is 5.32 Å². The third kappa shape index (κ3) is 3.60. The number of anilines is 1. The fourth-order valence-corrected chi connectivity index (χ4v) is 3.50. The molecule has 2 aliphatic rings. The number of carbonyl (C=O) groups excluding carboxylic acids is 2. The number of nitrogens with zero attached hydrogens (tertiary/aromatic N) is 1. The highest BCUT2D eigenvalue weighted by Gasteiger charge is 2.40. The van der Waals surface area contributed by atoms with Crippen LogP contribution in [0.2, 0.25) is 0 Å². The molecule has 118 valence electrons. The third-order valence-corrected chi connectivity index (χ3v) is 4.99. The third-order valence-electron chi connectivity index (χ3n) is 4.27. The Hall–Kier alpha value is -1.15. The molecular formula is C16H19IN2O3. The highest BCUT2D eigenvalue weighted by Crippen LogP contribution is 2.26. The van der Waals surface area contributed by atoms with Crippen LogP contribution in [0.15, 0.2) is 24.3 Å². The largest absolute Gasteiger partial charge is 0.463 e. The second-order valence-corrected chi connectivity index (χ2v) is 7.04. The van der Waals surface area contributed by atoms with E-state index in [1.165, 1.54) is 6.42 Å². The first-order valence-corrected chi connectivity index (χ1v) is 8.69. The van der Waals surface area contributed by atoms with Crippen molar-refractivity contribution in [3.8, 4) is 0 Å². The van der Waals surface area contributed by atoms with Gasteiger partial charge in [0.05, 0.1) is 6.42 Å². The molecule has 0 bridgehead atoms. The number of morpholine rings is 1. The maximum Gasteiger partial charge on any atom is 0.323 e. The van der Waals surface area contributed by atoms with E-state index in [4.69, 9.17) is 4.74 Å². The van der Waals surface area contributed by atoms with Gasteiger partial charge in [-0.2, -0.15) is 0 Å². The zero-order chi connectivity index (χ0) is 15.5. The predicted octanol–water partition coefficient (Wildman–Crippen LogP) is 2.40. The van der Waals surface area contributed by atoms with E-state index in [9.17, 15) is 9.59 Å². The Kier molecular flexibility index (Phi) is 4.97. The Morgan fingerprint density at radius 3 is 2.86 bits per heavy atom. The van der Waals surface area contributed by atoms with Crippen LogP contribution in [0.1, 0.15) is 25.7 Å². The molecule has 2 aliphatic heterocycles. The van der Waals surface area contributed by atoms with Gasteiger partial charge in [0.25, 0.3) is 0 Å². The smallest absolute Gasteiger partial charge is 0.323 e. The summed E-state index contributed by atoms with van der Waals surface area (Å²) < 4.78 is 6.38. The van der Waals surface area contributed by atoms with Crippen LogP contribution >= 0.6 is 22.6 Å². The molecule has 0 saturated carbocycles. The molecule has 2 fully saturated rings. The standard InChI is InChI=1S/C16H19IN2O3/c17-11-4-6-12(7-5-11)18-15(20)9-14-16(21)22-10-13-3-1-2-8-19(13)14/h4-7,13-14H,1-3,8-10H2,(H,18,20). The molecule has 1 aromatic rings. The molecule has 0 aliphatic carbocycles. The minimum atomic E-state index is -0.442. The van der Waals surface area contributed by atoms with Gasteiger partial charge in [-0.1, -0.05) is 6.42 Å². The molecule has 6 heteroatoms. The predicted molar refractivity (Wildman–Crippen MR) is 91.5 cm³/mol. The Morgan fingerprint density at radius 2 is 2.09 bits per heavy atom. The van der Waals surface area contributed by atoms with Crippen molar-refractivity contribution < 1.29 is 14.3 Å². The molecule has 2 heterocycles. The summed E-state index contributed by atoms with van der Waals surface area (Å²) in [4.78, 5) is 26.4. The zero-order valence-electron chi connectivity index (χ0n) is 12.3. The van der Waals surface area contributed by atoms with E-state index in [1.54, 1.807) is 0 Å². The number of hydrogen-bond donors (Lipinski definition) is 1. The lowest BCUT2D eigenvalue weighted by Crippen LogP contribution is -2.57. The number of piperidine rings is 1. The van der Waals surface area contributed by atoms with E-state index in [1.807, 2.05) is 24.3 Å². The summed E-state index contributed by atoms with van der Waals surface area (Å²) in [5, 5.41) is 2.86. The summed E-state index contributed by atoms with van der Waals surface area (Å²) in [6.45, 7) is 1.34. The van der Waals surface area contributed by atoms with E-state index in [0.717, 1.165) is 28.6 Å². The van der Waals surface area contributed by atoms with Crippen molar-refractivity contribution in [3.05, 3.63) is 27.8 Å². The Morgan fingerprint density at radius 1 is 1.32 bits per heavy atom. The fourth-order valence-electron chi connectivity index (χ4n) is 3.14. The number of nitrogens with one attached hydrogen (secondary N) is 1. The van der Waals surface area contributed by atoms with Crippen molar-refractivity contribution in [3.63, 3.8) is 0 Å². The van der Waals surface area contributed by atoms with Gasteiger partial charge >= 0.3 is 5.97 Å². The lowest BCUT2D eigenvalue weighted by Gasteiger charge is -2.43. The molecule has 22 heavy (non-hydrogen) atoms. The molecule has 1 aromatic carbocycles. The molecule has 5 nitrogen and oxygen atoms in total. The van der Waals surface area contributed by atoms with Crippen molar-refractivity contribution in [2.75, 3.05) is 18.5 Å². The van der Waals surface area contributed by atoms with Crippen molar-refractivity contribution in [2.24, 2.45) is 0 Å². The van der Waals surface area contributed by atoms with Crippen LogP contribution in [-0.4, -0.2) is 42.0 Å². The molecule has 1 N–H and O–H groups in total. The number of benzene rings is 1. The molecule has 0 radical (unpaired) electrons. The Bertz CT molecular complexity index is 561. The highest BCUT2D eigenvalue weighted by molar-refractivity contribution is 14.1. The first kappa shape index (κ1) is 15.7. The van der Waals surface area contributed by atoms with Gasteiger partial charge in [-0.3, -0.25) is 14.5 Å². The van der Waals surface area contributed by atoms with Gasteiger partial charge in [0.15, 0.2) is 0 Å². The van der Waals surface area contributed by atoms with Crippen LogP contribution in [-0.2, 0) is 14.3 Å². The topological polar surface area (TPSA) is 58.6 Å². The number of rotatable bonds is 3. The maximum atomic E-state index is 12.2. The van der Waals surface area contributed by atoms with E-state index in [2.05, 4.69) is 32.8 Å². The first-order chi connectivity index (χ1) is 10.6. The lowest BCUT2D eigenvalue weighted by molar-refractivity contribution is -0.165. The fraction of sp³-hybridized carbons (Fsp3) is 0.500. The van der Waals surface area contributed by atoms with Gasteiger partial charge in [-0.25, -0.2) is 0 Å². The summed E-state index contributed by atoms with van der Waals surface area (Å²) in [5.74, 6) is -0.412. The Balaban J connectivity index is 1.63. The van der Waals surface area contributed by atoms with Gasteiger partial charge in [-0.15, -0.1) is 0 Å². The molecule has 2 saturated heterocycles. The van der Waals surface area contributed by atoms with E-state index < -0.39 is 6.04 Å². The minimum Gasteiger partial charge on any atom is -0.463 e. The van der Waals surface area contributed by atoms with Crippen molar-refractivity contribution in [1.29, 1.82) is 0 Å². The number of esters is 1. The van der Waals surface area contributed by atoms with Crippen LogP contribution in [0.5, 0.6) is 0 Å². The zero-order valence-corrected chi connectivity index (χ0v) is 14.4. The number of amides is 1. The maximum absolute atomic E-state index is 12.2. The highest BCUT2D eigenvalue weighted by atomic mass is 127. The van der Waals surface area contributed by atoms with Crippen molar-refractivity contribution in [2.45, 2.75) is 37.8 Å². The van der Waals surface area contributed by atoms with Crippen LogP contribution in [0.25, 0.3) is 0 Å². The van der Waals surface area contributed by atoms with E-state index >= 15 is 0 Å². The number of fused-ring (bicyclic) bond motifs is 1. The van der Waals surface area contributed by atoms with Gasteiger partial charge in [0.2, 0.25) is 5.91 Å². The SMILES string of the molecule is O=C(CC1C(=O)OCC2CCCCN21)Nc1ccc(I)cc1.